The van der Waals surface area contributed by atoms with Crippen molar-refractivity contribution in [3.8, 4) is 5.75 Å². The molecule has 0 heterocycles. The summed E-state index contributed by atoms with van der Waals surface area (Å²) in [6, 6.07) is 7.48. The van der Waals surface area contributed by atoms with Crippen LogP contribution in [0.1, 0.15) is 10.4 Å². The van der Waals surface area contributed by atoms with E-state index in [0.29, 0.717) is 6.07 Å². The zero-order chi connectivity index (χ0) is 14.7. The molecule has 0 N–H and O–H groups in total. The van der Waals surface area contributed by atoms with Crippen LogP contribution in [0.25, 0.3) is 0 Å². The first-order valence-corrected chi connectivity index (χ1v) is 5.39. The molecule has 0 amide bonds. The minimum atomic E-state index is -1.16. The number of rotatable bonds is 3. The predicted molar refractivity (Wildman–Crippen MR) is 64.4 cm³/mol. The van der Waals surface area contributed by atoms with Gasteiger partial charge in [-0.3, -0.25) is 10.1 Å². The van der Waals surface area contributed by atoms with Gasteiger partial charge in [0.2, 0.25) is 0 Å². The van der Waals surface area contributed by atoms with E-state index in [-0.39, 0.29) is 17.0 Å². The fourth-order valence-corrected chi connectivity index (χ4v) is 1.45. The number of carbonyl (C=O) groups excluding carboxylic acids is 1. The van der Waals surface area contributed by atoms with E-state index >= 15 is 0 Å². The number of halogens is 2. The highest BCUT2D eigenvalue weighted by Gasteiger charge is 2.14. The van der Waals surface area contributed by atoms with Gasteiger partial charge in [-0.2, -0.15) is 0 Å². The summed E-state index contributed by atoms with van der Waals surface area (Å²) >= 11 is 0. The van der Waals surface area contributed by atoms with E-state index in [1.54, 1.807) is 0 Å². The highest BCUT2D eigenvalue weighted by Crippen LogP contribution is 2.18. The molecule has 0 radical (unpaired) electrons. The van der Waals surface area contributed by atoms with Gasteiger partial charge >= 0.3 is 5.97 Å². The normalized spacial score (nSPS) is 10.1. The number of carbonyl (C=O) groups is 1. The van der Waals surface area contributed by atoms with Gasteiger partial charge in [-0.15, -0.1) is 0 Å². The van der Waals surface area contributed by atoms with Crippen molar-refractivity contribution in [2.45, 2.75) is 0 Å². The number of nitro groups is 1. The second-order valence-corrected chi connectivity index (χ2v) is 3.77. The maximum atomic E-state index is 12.9. The van der Waals surface area contributed by atoms with Crippen LogP contribution in [0.15, 0.2) is 42.5 Å². The molecule has 5 nitrogen and oxygen atoms in total. The maximum Gasteiger partial charge on any atom is 0.343 e. The zero-order valence-electron chi connectivity index (χ0n) is 9.88. The van der Waals surface area contributed by atoms with E-state index in [1.165, 1.54) is 18.2 Å². The second-order valence-electron chi connectivity index (χ2n) is 3.77. The lowest BCUT2D eigenvalue weighted by atomic mass is 10.2. The standard InChI is InChI=1S/C13H7F2NO4/c14-11-5-4-10(7-12(11)15)20-13(17)8-2-1-3-9(6-8)16(18)19/h1-7H. The Kier molecular flexibility index (Phi) is 3.69. The Morgan fingerprint density at radius 2 is 1.85 bits per heavy atom. The Morgan fingerprint density at radius 3 is 2.50 bits per heavy atom. The molecule has 0 aliphatic rings. The molecule has 2 rings (SSSR count). The van der Waals surface area contributed by atoms with Gasteiger partial charge in [0.1, 0.15) is 5.75 Å². The van der Waals surface area contributed by atoms with Gasteiger partial charge in [-0.1, -0.05) is 6.07 Å². The summed E-state index contributed by atoms with van der Waals surface area (Å²) in [6.07, 6.45) is 0. The number of benzene rings is 2. The topological polar surface area (TPSA) is 69.4 Å². The molecule has 7 heteroatoms. The quantitative estimate of drug-likeness (QED) is 0.374. The number of nitro benzene ring substituents is 1. The molecule has 0 spiro atoms. The van der Waals surface area contributed by atoms with Crippen molar-refractivity contribution in [2.24, 2.45) is 0 Å². The second kappa shape index (κ2) is 5.43. The number of nitrogens with zero attached hydrogens (tertiary/aromatic N) is 1. The molecular weight excluding hydrogens is 272 g/mol. The number of esters is 1. The largest absolute Gasteiger partial charge is 0.423 e. The van der Waals surface area contributed by atoms with Crippen molar-refractivity contribution in [1.29, 1.82) is 0 Å². The molecule has 20 heavy (non-hydrogen) atoms. The number of ether oxygens (including phenoxy) is 1. The van der Waals surface area contributed by atoms with Gasteiger partial charge in [-0.05, 0) is 18.2 Å². The lowest BCUT2D eigenvalue weighted by Crippen LogP contribution is -2.09. The fraction of sp³-hybridized carbons (Fsp3) is 0. The first-order valence-electron chi connectivity index (χ1n) is 5.39. The zero-order valence-corrected chi connectivity index (χ0v) is 9.88. The maximum absolute atomic E-state index is 12.9. The van der Waals surface area contributed by atoms with Gasteiger partial charge in [-0.25, -0.2) is 13.6 Å². The van der Waals surface area contributed by atoms with Crippen LogP contribution in [-0.4, -0.2) is 10.9 Å². The lowest BCUT2D eigenvalue weighted by Gasteiger charge is -2.04. The highest BCUT2D eigenvalue weighted by atomic mass is 19.2. The van der Waals surface area contributed by atoms with Crippen molar-refractivity contribution in [3.05, 3.63) is 69.8 Å². The lowest BCUT2D eigenvalue weighted by molar-refractivity contribution is -0.384. The SMILES string of the molecule is O=C(Oc1ccc(F)c(F)c1)c1cccc([N+](=O)[O-])c1. The van der Waals surface area contributed by atoms with Crippen molar-refractivity contribution >= 4 is 11.7 Å². The van der Waals surface area contributed by atoms with Crippen LogP contribution in [0.3, 0.4) is 0 Å². The third-order valence-electron chi connectivity index (χ3n) is 2.39. The molecule has 0 unspecified atom stereocenters. The molecule has 0 saturated carbocycles. The van der Waals surface area contributed by atoms with E-state index in [4.69, 9.17) is 4.74 Å². The molecule has 102 valence electrons. The van der Waals surface area contributed by atoms with Crippen molar-refractivity contribution < 1.29 is 23.2 Å². The molecule has 2 aromatic carbocycles. The first kappa shape index (κ1) is 13.6. The third kappa shape index (κ3) is 2.94. The summed E-state index contributed by atoms with van der Waals surface area (Å²) in [5.74, 6) is -3.32. The van der Waals surface area contributed by atoms with Crippen molar-refractivity contribution in [1.82, 2.24) is 0 Å². The Labute approximate surface area is 111 Å². The van der Waals surface area contributed by atoms with Gasteiger partial charge in [0.05, 0.1) is 10.5 Å². The molecule has 0 bridgehead atoms. The van der Waals surface area contributed by atoms with Gasteiger partial charge in [0, 0.05) is 18.2 Å². The summed E-state index contributed by atoms with van der Waals surface area (Å²) in [5, 5.41) is 10.6. The molecule has 2 aromatic rings. The molecule has 0 fully saturated rings. The molecule has 0 saturated heterocycles. The van der Waals surface area contributed by atoms with Crippen LogP contribution in [0.2, 0.25) is 0 Å². The average molecular weight is 279 g/mol. The van der Waals surface area contributed by atoms with Crippen LogP contribution in [0.5, 0.6) is 5.75 Å². The first-order chi connectivity index (χ1) is 9.47. The van der Waals surface area contributed by atoms with Gasteiger partial charge in [0.15, 0.2) is 11.6 Å². The number of hydrogen-bond acceptors (Lipinski definition) is 4. The Bertz CT molecular complexity index is 688. The molecule has 0 aromatic heterocycles. The summed E-state index contributed by atoms with van der Waals surface area (Å²) in [5.41, 5.74) is -0.339. The minimum absolute atomic E-state index is 0.0658. The van der Waals surface area contributed by atoms with Crippen LogP contribution < -0.4 is 4.74 Å². The molecule has 0 atom stereocenters. The Hall–Kier alpha value is -2.83. The van der Waals surface area contributed by atoms with Crippen LogP contribution >= 0.6 is 0 Å². The summed E-state index contributed by atoms with van der Waals surface area (Å²) in [7, 11) is 0. The summed E-state index contributed by atoms with van der Waals surface area (Å²) in [4.78, 5) is 21.6. The van der Waals surface area contributed by atoms with E-state index in [0.717, 1.165) is 18.2 Å². The van der Waals surface area contributed by atoms with Crippen LogP contribution in [-0.2, 0) is 0 Å². The number of hydrogen-bond donors (Lipinski definition) is 0. The summed E-state index contributed by atoms with van der Waals surface area (Å²) < 4.78 is 30.5. The fourth-order valence-electron chi connectivity index (χ4n) is 1.45. The third-order valence-corrected chi connectivity index (χ3v) is 2.39. The van der Waals surface area contributed by atoms with Crippen molar-refractivity contribution in [2.75, 3.05) is 0 Å². The Morgan fingerprint density at radius 1 is 1.10 bits per heavy atom. The van der Waals surface area contributed by atoms with E-state index in [9.17, 15) is 23.7 Å². The monoisotopic (exact) mass is 279 g/mol. The van der Waals surface area contributed by atoms with E-state index < -0.39 is 22.5 Å². The highest BCUT2D eigenvalue weighted by molar-refractivity contribution is 5.91. The predicted octanol–water partition coefficient (Wildman–Crippen LogP) is 3.09. The van der Waals surface area contributed by atoms with Gasteiger partial charge < -0.3 is 4.74 Å². The van der Waals surface area contributed by atoms with E-state index in [1.807, 2.05) is 0 Å². The molecule has 0 aliphatic carbocycles. The number of non-ortho nitro benzene ring substituents is 1. The van der Waals surface area contributed by atoms with E-state index in [2.05, 4.69) is 0 Å². The summed E-state index contributed by atoms with van der Waals surface area (Å²) in [6.45, 7) is 0. The smallest absolute Gasteiger partial charge is 0.343 e. The van der Waals surface area contributed by atoms with Gasteiger partial charge in [0.25, 0.3) is 5.69 Å². The minimum Gasteiger partial charge on any atom is -0.423 e. The van der Waals surface area contributed by atoms with Crippen molar-refractivity contribution in [3.63, 3.8) is 0 Å². The Balaban J connectivity index is 2.21. The molecule has 0 aliphatic heterocycles. The average Bonchev–Trinajstić information content (AvgIpc) is 2.43. The van der Waals surface area contributed by atoms with Crippen LogP contribution in [0.4, 0.5) is 14.5 Å². The van der Waals surface area contributed by atoms with Crippen LogP contribution in [0, 0.1) is 21.7 Å². The molecular formula is C13H7F2NO4.